The highest BCUT2D eigenvalue weighted by atomic mass is 16.5. The van der Waals surface area contributed by atoms with Crippen molar-refractivity contribution in [3.8, 4) is 16.9 Å². The molecule has 0 radical (unpaired) electrons. The number of nitrogens with zero attached hydrogens (tertiary/aromatic N) is 2. The fourth-order valence-corrected chi connectivity index (χ4v) is 4.77. The second-order valence-corrected chi connectivity index (χ2v) is 9.22. The van der Waals surface area contributed by atoms with Gasteiger partial charge < -0.3 is 14.5 Å². The van der Waals surface area contributed by atoms with Gasteiger partial charge in [-0.15, -0.1) is 0 Å². The van der Waals surface area contributed by atoms with Gasteiger partial charge in [0.25, 0.3) is 0 Å². The van der Waals surface area contributed by atoms with Gasteiger partial charge in [0, 0.05) is 33.1 Å². The van der Waals surface area contributed by atoms with Gasteiger partial charge in [-0.3, -0.25) is 9.59 Å². The average Bonchev–Trinajstić information content (AvgIpc) is 3.64. The van der Waals surface area contributed by atoms with Crippen LogP contribution < -0.4 is 4.74 Å². The van der Waals surface area contributed by atoms with Crippen molar-refractivity contribution in [3.63, 3.8) is 0 Å². The van der Waals surface area contributed by atoms with Crippen LogP contribution in [0.4, 0.5) is 0 Å². The number of likely N-dealkylation sites (tertiary alicyclic amines) is 1. The van der Waals surface area contributed by atoms with E-state index in [9.17, 15) is 9.59 Å². The van der Waals surface area contributed by atoms with Crippen LogP contribution in [0.1, 0.15) is 31.2 Å². The number of hydrogen-bond donors (Lipinski definition) is 0. The van der Waals surface area contributed by atoms with Crippen LogP contribution in [0.3, 0.4) is 0 Å². The van der Waals surface area contributed by atoms with Gasteiger partial charge in [-0.05, 0) is 60.9 Å². The normalized spacial score (nSPS) is 20.9. The van der Waals surface area contributed by atoms with Gasteiger partial charge in [-0.25, -0.2) is 0 Å². The molecule has 31 heavy (non-hydrogen) atoms. The van der Waals surface area contributed by atoms with Gasteiger partial charge in [0.1, 0.15) is 5.75 Å². The van der Waals surface area contributed by atoms with Crippen molar-refractivity contribution in [2.24, 2.45) is 11.3 Å². The van der Waals surface area contributed by atoms with Gasteiger partial charge in [0.2, 0.25) is 11.8 Å². The molecule has 1 unspecified atom stereocenters. The monoisotopic (exact) mass is 420 g/mol. The Labute approximate surface area is 185 Å². The zero-order valence-electron chi connectivity index (χ0n) is 18.8. The zero-order valence-corrected chi connectivity index (χ0v) is 18.8. The first-order chi connectivity index (χ1) is 14.9. The smallest absolute Gasteiger partial charge is 0.230 e. The molecule has 2 aromatic carbocycles. The van der Waals surface area contributed by atoms with E-state index in [-0.39, 0.29) is 17.7 Å². The molecule has 5 nitrogen and oxygen atoms in total. The second kappa shape index (κ2) is 8.74. The van der Waals surface area contributed by atoms with E-state index in [2.05, 4.69) is 24.3 Å². The van der Waals surface area contributed by atoms with Crippen molar-refractivity contribution in [1.82, 2.24) is 9.80 Å². The summed E-state index contributed by atoms with van der Waals surface area (Å²) in [5, 5.41) is 0. The predicted octanol–water partition coefficient (Wildman–Crippen LogP) is 4.01. The molecule has 2 amide bonds. The van der Waals surface area contributed by atoms with Crippen molar-refractivity contribution in [2.75, 3.05) is 34.3 Å². The molecule has 1 aliphatic carbocycles. The van der Waals surface area contributed by atoms with Crippen LogP contribution in [0, 0.1) is 11.3 Å². The Bertz CT molecular complexity index is 932. The average molecular weight is 421 g/mol. The lowest BCUT2D eigenvalue weighted by Crippen LogP contribution is -2.54. The molecular formula is C26H32N2O3. The zero-order chi connectivity index (χ0) is 22.0. The molecule has 1 saturated carbocycles. The highest BCUT2D eigenvalue weighted by Crippen LogP contribution is 2.39. The topological polar surface area (TPSA) is 49.9 Å². The van der Waals surface area contributed by atoms with Crippen LogP contribution >= 0.6 is 0 Å². The number of hydrogen-bond acceptors (Lipinski definition) is 3. The molecule has 0 N–H and O–H groups in total. The van der Waals surface area contributed by atoms with Gasteiger partial charge >= 0.3 is 0 Å². The maximum atomic E-state index is 13.3. The van der Waals surface area contributed by atoms with Gasteiger partial charge in [-0.2, -0.15) is 0 Å². The SMILES string of the molecule is COc1ccc(-c2ccc(CC3(C(=O)N(C)C)CCCN(C(=O)C4CC4)C3)cc2)cc1. The third kappa shape index (κ3) is 4.60. The highest BCUT2D eigenvalue weighted by Gasteiger charge is 2.46. The fraction of sp³-hybridized carbons (Fsp3) is 0.462. The first-order valence-electron chi connectivity index (χ1n) is 11.2. The molecule has 1 heterocycles. The number of carbonyl (C=O) groups excluding carboxylic acids is 2. The summed E-state index contributed by atoms with van der Waals surface area (Å²) in [5.74, 6) is 1.40. The maximum Gasteiger partial charge on any atom is 0.230 e. The summed E-state index contributed by atoms with van der Waals surface area (Å²) in [6.45, 7) is 1.30. The number of benzene rings is 2. The first kappa shape index (κ1) is 21.4. The van der Waals surface area contributed by atoms with Crippen LogP contribution in [0.5, 0.6) is 5.75 Å². The molecule has 2 aliphatic rings. The third-order valence-electron chi connectivity index (χ3n) is 6.59. The molecular weight excluding hydrogens is 388 g/mol. The highest BCUT2D eigenvalue weighted by molar-refractivity contribution is 5.86. The molecule has 0 spiro atoms. The summed E-state index contributed by atoms with van der Waals surface area (Å²) in [6, 6.07) is 16.5. The Kier molecular flexibility index (Phi) is 6.03. The van der Waals surface area contributed by atoms with Gasteiger partial charge in [0.05, 0.1) is 12.5 Å². The number of methoxy groups -OCH3 is 1. The summed E-state index contributed by atoms with van der Waals surface area (Å²) >= 11 is 0. The Balaban J connectivity index is 1.55. The third-order valence-corrected chi connectivity index (χ3v) is 6.59. The van der Waals surface area contributed by atoms with E-state index in [1.54, 1.807) is 12.0 Å². The lowest BCUT2D eigenvalue weighted by Gasteiger charge is -2.43. The van der Waals surface area contributed by atoms with E-state index < -0.39 is 5.41 Å². The predicted molar refractivity (Wildman–Crippen MR) is 122 cm³/mol. The number of rotatable bonds is 6. The van der Waals surface area contributed by atoms with Gasteiger partial charge in [-0.1, -0.05) is 36.4 Å². The van der Waals surface area contributed by atoms with Crippen LogP contribution in [0.2, 0.25) is 0 Å². The number of ether oxygens (including phenoxy) is 1. The minimum atomic E-state index is -0.548. The van der Waals surface area contributed by atoms with Crippen LogP contribution in [0.25, 0.3) is 11.1 Å². The van der Waals surface area contributed by atoms with Crippen molar-refractivity contribution in [2.45, 2.75) is 32.1 Å². The van der Waals surface area contributed by atoms with E-state index in [0.717, 1.165) is 54.7 Å². The quantitative estimate of drug-likeness (QED) is 0.709. The van der Waals surface area contributed by atoms with E-state index in [1.165, 1.54) is 0 Å². The summed E-state index contributed by atoms with van der Waals surface area (Å²) in [5.41, 5.74) is 2.85. The summed E-state index contributed by atoms with van der Waals surface area (Å²) in [4.78, 5) is 29.7. The molecule has 0 aromatic heterocycles. The molecule has 4 rings (SSSR count). The Morgan fingerprint density at radius 1 is 1.03 bits per heavy atom. The number of piperidine rings is 1. The van der Waals surface area contributed by atoms with E-state index in [4.69, 9.17) is 4.74 Å². The van der Waals surface area contributed by atoms with Crippen molar-refractivity contribution in [1.29, 1.82) is 0 Å². The second-order valence-electron chi connectivity index (χ2n) is 9.22. The van der Waals surface area contributed by atoms with E-state index in [1.807, 2.05) is 43.3 Å². The lowest BCUT2D eigenvalue weighted by molar-refractivity contribution is -0.147. The van der Waals surface area contributed by atoms with Crippen LogP contribution in [-0.2, 0) is 16.0 Å². The molecule has 5 heteroatoms. The molecule has 1 atom stereocenters. The minimum Gasteiger partial charge on any atom is -0.497 e. The minimum absolute atomic E-state index is 0.125. The van der Waals surface area contributed by atoms with Crippen LogP contribution in [-0.4, -0.2) is 55.9 Å². The maximum absolute atomic E-state index is 13.3. The van der Waals surface area contributed by atoms with Gasteiger partial charge in [0.15, 0.2) is 0 Å². The van der Waals surface area contributed by atoms with Crippen molar-refractivity contribution >= 4 is 11.8 Å². The van der Waals surface area contributed by atoms with Crippen molar-refractivity contribution < 1.29 is 14.3 Å². The molecule has 0 bridgehead atoms. The Morgan fingerprint density at radius 3 is 2.19 bits per heavy atom. The number of amides is 2. The van der Waals surface area contributed by atoms with E-state index in [0.29, 0.717) is 13.0 Å². The molecule has 2 aromatic rings. The molecule has 164 valence electrons. The Hall–Kier alpha value is -2.82. The Morgan fingerprint density at radius 2 is 1.65 bits per heavy atom. The molecule has 1 saturated heterocycles. The lowest BCUT2D eigenvalue weighted by atomic mass is 9.73. The summed E-state index contributed by atoms with van der Waals surface area (Å²) in [6.07, 6.45) is 4.34. The van der Waals surface area contributed by atoms with Crippen LogP contribution in [0.15, 0.2) is 48.5 Å². The first-order valence-corrected chi connectivity index (χ1v) is 11.2. The molecule has 2 fully saturated rings. The fourth-order valence-electron chi connectivity index (χ4n) is 4.77. The molecule has 1 aliphatic heterocycles. The standard InChI is InChI=1S/C26H32N2O3/c1-27(2)25(30)26(15-4-16-28(18-26)24(29)22-9-10-22)17-19-5-7-20(8-6-19)21-11-13-23(31-3)14-12-21/h5-8,11-14,22H,4,9-10,15-18H2,1-3H3. The summed E-state index contributed by atoms with van der Waals surface area (Å²) in [7, 11) is 5.30. The number of carbonyl (C=O) groups is 2. The van der Waals surface area contributed by atoms with Crippen molar-refractivity contribution in [3.05, 3.63) is 54.1 Å². The largest absolute Gasteiger partial charge is 0.497 e. The summed E-state index contributed by atoms with van der Waals surface area (Å²) < 4.78 is 5.24. The van der Waals surface area contributed by atoms with E-state index >= 15 is 0 Å².